The summed E-state index contributed by atoms with van der Waals surface area (Å²) in [5.41, 5.74) is -0.278. The summed E-state index contributed by atoms with van der Waals surface area (Å²) in [6.07, 6.45) is 0.852. The summed E-state index contributed by atoms with van der Waals surface area (Å²) in [6, 6.07) is 9.68. The number of halogens is 1. The minimum absolute atomic E-state index is 0.104. The van der Waals surface area contributed by atoms with Crippen LogP contribution in [0.2, 0.25) is 5.02 Å². The molecule has 1 aromatic heterocycles. The molecule has 0 unspecified atom stereocenters. The first-order valence-electron chi connectivity index (χ1n) is 8.04. The third-order valence-electron chi connectivity index (χ3n) is 3.29. The molecule has 26 heavy (non-hydrogen) atoms. The van der Waals surface area contributed by atoms with Crippen molar-refractivity contribution in [3.8, 4) is 5.75 Å². The summed E-state index contributed by atoms with van der Waals surface area (Å²) in [4.78, 5) is 34.3. The molecule has 1 aromatic carbocycles. The van der Waals surface area contributed by atoms with E-state index < -0.39 is 5.91 Å². The van der Waals surface area contributed by atoms with Gasteiger partial charge in [0.25, 0.3) is 11.5 Å². The number of carbonyl (C=O) groups is 2. The van der Waals surface area contributed by atoms with Crippen molar-refractivity contribution in [1.29, 1.82) is 0 Å². The molecular weight excluding hydrogens is 360 g/mol. The van der Waals surface area contributed by atoms with Gasteiger partial charge < -0.3 is 15.4 Å². The highest BCUT2D eigenvalue weighted by Gasteiger charge is 2.07. The molecule has 0 aliphatic rings. The highest BCUT2D eigenvalue weighted by Crippen LogP contribution is 2.23. The van der Waals surface area contributed by atoms with E-state index in [1.165, 1.54) is 12.1 Å². The molecule has 138 valence electrons. The van der Waals surface area contributed by atoms with Gasteiger partial charge in [0.15, 0.2) is 0 Å². The Kier molecular flexibility index (Phi) is 7.63. The second-order valence-electron chi connectivity index (χ2n) is 5.29. The summed E-state index contributed by atoms with van der Waals surface area (Å²) in [7, 11) is 0. The van der Waals surface area contributed by atoms with E-state index in [-0.39, 0.29) is 23.7 Å². The van der Waals surface area contributed by atoms with Crippen molar-refractivity contribution in [3.05, 3.63) is 57.5 Å². The number of para-hydroxylation sites is 1. The first-order valence-corrected chi connectivity index (χ1v) is 8.42. The lowest BCUT2D eigenvalue weighted by molar-refractivity contribution is -0.121. The number of hydrogen-bond acceptors (Lipinski definition) is 5. The van der Waals surface area contributed by atoms with E-state index in [4.69, 9.17) is 16.3 Å². The van der Waals surface area contributed by atoms with Gasteiger partial charge >= 0.3 is 0 Å². The SMILES string of the molecule is O=C(CCCOc1ccccc1Cl)NCCNC(=O)c1ccc(=O)[nH]n1. The number of carbonyl (C=O) groups excluding carboxylic acids is 2. The van der Waals surface area contributed by atoms with Crippen LogP contribution in [0.15, 0.2) is 41.2 Å². The van der Waals surface area contributed by atoms with E-state index in [0.29, 0.717) is 36.8 Å². The maximum Gasteiger partial charge on any atom is 0.271 e. The zero-order chi connectivity index (χ0) is 18.8. The zero-order valence-corrected chi connectivity index (χ0v) is 14.7. The van der Waals surface area contributed by atoms with Crippen LogP contribution in [0.4, 0.5) is 0 Å². The quantitative estimate of drug-likeness (QED) is 0.566. The lowest BCUT2D eigenvalue weighted by atomic mass is 10.3. The van der Waals surface area contributed by atoms with Crippen LogP contribution < -0.4 is 20.9 Å². The van der Waals surface area contributed by atoms with Gasteiger partial charge in [-0.2, -0.15) is 5.10 Å². The van der Waals surface area contributed by atoms with Gasteiger partial charge in [0.05, 0.1) is 11.6 Å². The van der Waals surface area contributed by atoms with Crippen LogP contribution in [0.3, 0.4) is 0 Å². The third kappa shape index (κ3) is 6.56. The maximum atomic E-state index is 11.7. The van der Waals surface area contributed by atoms with Crippen molar-refractivity contribution in [1.82, 2.24) is 20.8 Å². The van der Waals surface area contributed by atoms with Gasteiger partial charge in [0.2, 0.25) is 5.91 Å². The Hall–Kier alpha value is -2.87. The number of rotatable bonds is 9. The molecule has 0 atom stereocenters. The fourth-order valence-electron chi connectivity index (χ4n) is 2.00. The number of aromatic nitrogens is 2. The Bertz CT molecular complexity index is 789. The summed E-state index contributed by atoms with van der Waals surface area (Å²) in [5.74, 6) is 0.0287. The summed E-state index contributed by atoms with van der Waals surface area (Å²) in [5, 5.41) is 11.6. The number of aromatic amines is 1. The van der Waals surface area contributed by atoms with Crippen LogP contribution in [0, 0.1) is 0 Å². The molecule has 0 radical (unpaired) electrons. The first kappa shape index (κ1) is 19.5. The van der Waals surface area contributed by atoms with E-state index in [2.05, 4.69) is 20.8 Å². The van der Waals surface area contributed by atoms with Gasteiger partial charge in [-0.1, -0.05) is 23.7 Å². The summed E-state index contributed by atoms with van der Waals surface area (Å²) in [6.45, 7) is 0.923. The number of benzene rings is 1. The lowest BCUT2D eigenvalue weighted by Gasteiger charge is -2.08. The van der Waals surface area contributed by atoms with E-state index in [1.807, 2.05) is 12.1 Å². The number of hydrogen-bond donors (Lipinski definition) is 3. The molecule has 2 amide bonds. The zero-order valence-electron chi connectivity index (χ0n) is 14.0. The molecule has 0 saturated carbocycles. The molecule has 0 fully saturated rings. The Morgan fingerprint density at radius 1 is 1.12 bits per heavy atom. The number of amides is 2. The van der Waals surface area contributed by atoms with Crippen molar-refractivity contribution in [2.75, 3.05) is 19.7 Å². The third-order valence-corrected chi connectivity index (χ3v) is 3.60. The van der Waals surface area contributed by atoms with Crippen molar-refractivity contribution >= 4 is 23.4 Å². The van der Waals surface area contributed by atoms with E-state index in [9.17, 15) is 14.4 Å². The van der Waals surface area contributed by atoms with Crippen molar-refractivity contribution in [2.45, 2.75) is 12.8 Å². The van der Waals surface area contributed by atoms with Crippen LogP contribution in [0.1, 0.15) is 23.3 Å². The summed E-state index contributed by atoms with van der Waals surface area (Å²) < 4.78 is 5.50. The van der Waals surface area contributed by atoms with Crippen LogP contribution in [0.5, 0.6) is 5.75 Å². The second-order valence-corrected chi connectivity index (χ2v) is 5.70. The molecule has 0 bridgehead atoms. The predicted molar refractivity (Wildman–Crippen MR) is 96.4 cm³/mol. The van der Waals surface area contributed by atoms with Crippen molar-refractivity contribution < 1.29 is 14.3 Å². The number of H-pyrrole nitrogens is 1. The first-order chi connectivity index (χ1) is 12.6. The van der Waals surface area contributed by atoms with Crippen molar-refractivity contribution in [2.24, 2.45) is 0 Å². The minimum atomic E-state index is -0.427. The Labute approximate surface area is 154 Å². The standard InChI is InChI=1S/C17H19ClN4O4/c18-12-4-1-2-5-14(12)26-11-3-6-15(23)19-9-10-20-17(25)13-7-8-16(24)22-21-13/h1-2,4-5,7-8H,3,6,9-11H2,(H,19,23)(H,20,25)(H,22,24). The second kappa shape index (κ2) is 10.2. The van der Waals surface area contributed by atoms with Gasteiger partial charge in [-0.15, -0.1) is 0 Å². The molecule has 0 aliphatic heterocycles. The Morgan fingerprint density at radius 2 is 1.88 bits per heavy atom. The molecule has 0 spiro atoms. The number of nitrogens with one attached hydrogen (secondary N) is 3. The molecule has 0 saturated heterocycles. The average Bonchev–Trinajstić information content (AvgIpc) is 2.64. The Morgan fingerprint density at radius 3 is 2.62 bits per heavy atom. The van der Waals surface area contributed by atoms with Crippen LogP contribution in [-0.4, -0.2) is 41.7 Å². The predicted octanol–water partition coefficient (Wildman–Crippen LogP) is 1.13. The summed E-state index contributed by atoms with van der Waals surface area (Å²) >= 11 is 5.97. The molecule has 9 heteroatoms. The van der Waals surface area contributed by atoms with Gasteiger partial charge in [-0.25, -0.2) is 5.10 Å². The fourth-order valence-corrected chi connectivity index (χ4v) is 2.19. The van der Waals surface area contributed by atoms with Crippen LogP contribution in [-0.2, 0) is 4.79 Å². The molecular formula is C17H19ClN4O4. The average molecular weight is 379 g/mol. The van der Waals surface area contributed by atoms with E-state index in [0.717, 1.165) is 0 Å². The molecule has 0 aliphatic carbocycles. The number of ether oxygens (including phenoxy) is 1. The van der Waals surface area contributed by atoms with Crippen molar-refractivity contribution in [3.63, 3.8) is 0 Å². The normalized spacial score (nSPS) is 10.2. The van der Waals surface area contributed by atoms with Crippen LogP contribution in [0.25, 0.3) is 0 Å². The molecule has 1 heterocycles. The highest BCUT2D eigenvalue weighted by atomic mass is 35.5. The van der Waals surface area contributed by atoms with Gasteiger partial charge in [-0.05, 0) is 24.6 Å². The minimum Gasteiger partial charge on any atom is -0.492 e. The molecule has 2 aromatic rings. The van der Waals surface area contributed by atoms with Gasteiger partial charge in [0, 0.05) is 25.6 Å². The van der Waals surface area contributed by atoms with Gasteiger partial charge in [-0.3, -0.25) is 14.4 Å². The maximum absolute atomic E-state index is 11.7. The molecule has 3 N–H and O–H groups in total. The van der Waals surface area contributed by atoms with E-state index in [1.54, 1.807) is 12.1 Å². The molecule has 2 rings (SSSR count). The molecule has 8 nitrogen and oxygen atoms in total. The Balaban J connectivity index is 1.56. The number of nitrogens with zero attached hydrogens (tertiary/aromatic N) is 1. The smallest absolute Gasteiger partial charge is 0.271 e. The topological polar surface area (TPSA) is 113 Å². The van der Waals surface area contributed by atoms with Gasteiger partial charge in [0.1, 0.15) is 11.4 Å². The fraction of sp³-hybridized carbons (Fsp3) is 0.294. The van der Waals surface area contributed by atoms with E-state index >= 15 is 0 Å². The highest BCUT2D eigenvalue weighted by molar-refractivity contribution is 6.32. The lowest BCUT2D eigenvalue weighted by Crippen LogP contribution is -2.35. The van der Waals surface area contributed by atoms with Crippen LogP contribution >= 0.6 is 11.6 Å². The monoisotopic (exact) mass is 378 g/mol. The largest absolute Gasteiger partial charge is 0.492 e.